The van der Waals surface area contributed by atoms with Gasteiger partial charge in [-0.1, -0.05) is 18.2 Å². The van der Waals surface area contributed by atoms with Crippen molar-refractivity contribution in [3.05, 3.63) is 71.8 Å². The van der Waals surface area contributed by atoms with Gasteiger partial charge in [-0.05, 0) is 36.8 Å². The van der Waals surface area contributed by atoms with E-state index in [1.165, 1.54) is 24.4 Å². The van der Waals surface area contributed by atoms with Crippen molar-refractivity contribution in [1.82, 2.24) is 10.3 Å². The van der Waals surface area contributed by atoms with E-state index in [2.05, 4.69) is 15.0 Å². The van der Waals surface area contributed by atoms with Gasteiger partial charge in [0.1, 0.15) is 17.4 Å². The number of carbonyl (C=O) groups is 1. The molecule has 31 heavy (non-hydrogen) atoms. The molecule has 3 rings (SSSR count). The van der Waals surface area contributed by atoms with Crippen LogP contribution in [0.2, 0.25) is 0 Å². The normalized spacial score (nSPS) is 12.5. The second-order valence-electron chi connectivity index (χ2n) is 6.62. The zero-order valence-electron chi connectivity index (χ0n) is 16.2. The van der Waals surface area contributed by atoms with Gasteiger partial charge >= 0.3 is 6.36 Å². The first-order chi connectivity index (χ1) is 14.6. The Bertz CT molecular complexity index is 1030. The number of oxazole rings is 1. The van der Waals surface area contributed by atoms with Crippen molar-refractivity contribution in [2.75, 3.05) is 0 Å². The lowest BCUT2D eigenvalue weighted by Crippen LogP contribution is -2.26. The third-order valence-electron chi connectivity index (χ3n) is 4.32. The molecule has 0 spiro atoms. The van der Waals surface area contributed by atoms with E-state index in [1.807, 2.05) is 0 Å². The van der Waals surface area contributed by atoms with Crippen LogP contribution >= 0.6 is 0 Å². The summed E-state index contributed by atoms with van der Waals surface area (Å²) in [7, 11) is 0. The minimum atomic E-state index is -4.78. The van der Waals surface area contributed by atoms with Gasteiger partial charge in [0.05, 0.1) is 17.8 Å². The molecule has 0 radical (unpaired) electrons. The summed E-state index contributed by atoms with van der Waals surface area (Å²) in [6, 6.07) is 8.08. The topological polar surface area (TPSA) is 64.4 Å². The Morgan fingerprint density at radius 1 is 1.13 bits per heavy atom. The van der Waals surface area contributed by atoms with E-state index >= 15 is 0 Å². The Labute approximate surface area is 173 Å². The molecule has 1 amide bonds. The minimum absolute atomic E-state index is 0.0146. The van der Waals surface area contributed by atoms with Crippen LogP contribution in [0.4, 0.5) is 22.0 Å². The van der Waals surface area contributed by atoms with Gasteiger partial charge in [-0.25, -0.2) is 13.8 Å². The fourth-order valence-electron chi connectivity index (χ4n) is 2.85. The SMILES string of the molecule is C[C@H](NC(=O)CCc1ncc(-c2c(F)cccc2F)o1)c1ccc(OC(F)(F)F)cc1. The predicted octanol–water partition coefficient (Wildman–Crippen LogP) is 5.33. The Balaban J connectivity index is 1.54. The average molecular weight is 440 g/mol. The molecule has 1 N–H and O–H groups in total. The maximum absolute atomic E-state index is 13.8. The summed E-state index contributed by atoms with van der Waals surface area (Å²) in [4.78, 5) is 16.1. The highest BCUT2D eigenvalue weighted by Gasteiger charge is 2.31. The molecular weight excluding hydrogens is 423 g/mol. The summed E-state index contributed by atoms with van der Waals surface area (Å²) in [6.45, 7) is 1.67. The largest absolute Gasteiger partial charge is 0.573 e. The number of benzene rings is 2. The van der Waals surface area contributed by atoms with E-state index in [4.69, 9.17) is 4.42 Å². The van der Waals surface area contributed by atoms with E-state index in [-0.39, 0.29) is 41.7 Å². The molecule has 1 aromatic heterocycles. The minimum Gasteiger partial charge on any atom is -0.441 e. The smallest absolute Gasteiger partial charge is 0.441 e. The number of amides is 1. The molecule has 164 valence electrons. The van der Waals surface area contributed by atoms with E-state index in [0.717, 1.165) is 24.3 Å². The highest BCUT2D eigenvalue weighted by molar-refractivity contribution is 5.76. The van der Waals surface area contributed by atoms with Crippen molar-refractivity contribution in [3.8, 4) is 17.1 Å². The molecule has 1 atom stereocenters. The van der Waals surface area contributed by atoms with Crippen LogP contribution < -0.4 is 10.1 Å². The quantitative estimate of drug-likeness (QED) is 0.505. The number of halogens is 5. The first-order valence-corrected chi connectivity index (χ1v) is 9.16. The Kier molecular flexibility index (Phi) is 6.57. The summed E-state index contributed by atoms with van der Waals surface area (Å²) < 4.78 is 73.4. The van der Waals surface area contributed by atoms with Crippen molar-refractivity contribution < 1.29 is 35.9 Å². The molecule has 0 unspecified atom stereocenters. The average Bonchev–Trinajstić information content (AvgIpc) is 3.14. The molecule has 0 aliphatic rings. The second kappa shape index (κ2) is 9.15. The molecule has 0 saturated carbocycles. The van der Waals surface area contributed by atoms with Crippen LogP contribution in [-0.4, -0.2) is 17.3 Å². The van der Waals surface area contributed by atoms with E-state index in [9.17, 15) is 26.7 Å². The summed E-state index contributed by atoms with van der Waals surface area (Å²) in [6.07, 6.45) is -3.52. The molecule has 0 aliphatic heterocycles. The van der Waals surface area contributed by atoms with E-state index in [1.54, 1.807) is 6.92 Å². The summed E-state index contributed by atoms with van der Waals surface area (Å²) in [5.74, 6) is -2.25. The molecule has 2 aromatic carbocycles. The van der Waals surface area contributed by atoms with Gasteiger partial charge in [0.15, 0.2) is 11.7 Å². The summed E-state index contributed by atoms with van der Waals surface area (Å²) in [5, 5.41) is 2.70. The Hall–Kier alpha value is -3.43. The first-order valence-electron chi connectivity index (χ1n) is 9.16. The maximum Gasteiger partial charge on any atom is 0.573 e. The third kappa shape index (κ3) is 6.03. The summed E-state index contributed by atoms with van der Waals surface area (Å²) >= 11 is 0. The number of rotatable bonds is 7. The highest BCUT2D eigenvalue weighted by atomic mass is 19.4. The number of hydrogen-bond acceptors (Lipinski definition) is 4. The van der Waals surface area contributed by atoms with Gasteiger partial charge in [-0.2, -0.15) is 0 Å². The highest BCUT2D eigenvalue weighted by Crippen LogP contribution is 2.27. The third-order valence-corrected chi connectivity index (χ3v) is 4.32. The van der Waals surface area contributed by atoms with Crippen molar-refractivity contribution >= 4 is 5.91 Å². The number of nitrogens with zero attached hydrogens (tertiary/aromatic N) is 1. The number of carbonyl (C=O) groups excluding carboxylic acids is 1. The lowest BCUT2D eigenvalue weighted by molar-refractivity contribution is -0.274. The van der Waals surface area contributed by atoms with Crippen molar-refractivity contribution in [1.29, 1.82) is 0 Å². The molecule has 0 saturated heterocycles. The number of alkyl halides is 3. The van der Waals surface area contributed by atoms with E-state index in [0.29, 0.717) is 5.56 Å². The second-order valence-corrected chi connectivity index (χ2v) is 6.62. The zero-order valence-corrected chi connectivity index (χ0v) is 16.2. The molecule has 0 fully saturated rings. The van der Waals surface area contributed by atoms with Gasteiger partial charge in [0.25, 0.3) is 0 Å². The van der Waals surface area contributed by atoms with Gasteiger partial charge in [0.2, 0.25) is 5.91 Å². The Morgan fingerprint density at radius 2 is 1.77 bits per heavy atom. The van der Waals surface area contributed by atoms with Gasteiger partial charge in [-0.3, -0.25) is 4.79 Å². The van der Waals surface area contributed by atoms with Crippen LogP contribution in [0.5, 0.6) is 5.75 Å². The zero-order chi connectivity index (χ0) is 22.6. The molecule has 5 nitrogen and oxygen atoms in total. The molecule has 3 aromatic rings. The fourth-order valence-corrected chi connectivity index (χ4v) is 2.85. The van der Waals surface area contributed by atoms with Gasteiger partial charge < -0.3 is 14.5 Å². The number of aryl methyl sites for hydroxylation is 1. The number of ether oxygens (including phenoxy) is 1. The van der Waals surface area contributed by atoms with Crippen molar-refractivity contribution in [2.45, 2.75) is 32.2 Å². The van der Waals surface area contributed by atoms with Crippen LogP contribution in [0.1, 0.15) is 30.8 Å². The number of aromatic nitrogens is 1. The monoisotopic (exact) mass is 440 g/mol. The van der Waals surface area contributed by atoms with Gasteiger partial charge in [0, 0.05) is 12.8 Å². The van der Waals surface area contributed by atoms with Crippen LogP contribution in [0.3, 0.4) is 0 Å². The molecule has 0 aliphatic carbocycles. The van der Waals surface area contributed by atoms with Gasteiger partial charge in [-0.15, -0.1) is 13.2 Å². The molecule has 10 heteroatoms. The number of nitrogens with one attached hydrogen (secondary N) is 1. The van der Waals surface area contributed by atoms with Crippen molar-refractivity contribution in [2.24, 2.45) is 0 Å². The molecular formula is C21H17F5N2O3. The van der Waals surface area contributed by atoms with Crippen LogP contribution in [0.15, 0.2) is 53.1 Å². The fraction of sp³-hybridized carbons (Fsp3) is 0.238. The summed E-state index contributed by atoms with van der Waals surface area (Å²) in [5.41, 5.74) is 0.244. The maximum atomic E-state index is 13.8. The molecule has 1 heterocycles. The lowest BCUT2D eigenvalue weighted by Gasteiger charge is -2.15. The Morgan fingerprint density at radius 3 is 2.39 bits per heavy atom. The van der Waals surface area contributed by atoms with Crippen LogP contribution in [0, 0.1) is 11.6 Å². The lowest BCUT2D eigenvalue weighted by atomic mass is 10.1. The van der Waals surface area contributed by atoms with Crippen LogP contribution in [-0.2, 0) is 11.2 Å². The predicted molar refractivity (Wildman–Crippen MR) is 99.9 cm³/mol. The standard InChI is InChI=1S/C21H17F5N2O3/c1-12(13-5-7-14(8-6-13)31-21(24,25)26)28-18(29)9-10-19-27-11-17(30-19)20-15(22)3-2-4-16(20)23/h2-8,11-12H,9-10H2,1H3,(H,28,29)/t12-/m0/s1. The van der Waals surface area contributed by atoms with E-state index < -0.39 is 24.0 Å². The van der Waals surface area contributed by atoms with Crippen molar-refractivity contribution in [3.63, 3.8) is 0 Å². The number of hydrogen-bond donors (Lipinski definition) is 1. The molecule has 0 bridgehead atoms. The van der Waals surface area contributed by atoms with Crippen LogP contribution in [0.25, 0.3) is 11.3 Å². The first kappa shape index (κ1) is 22.3.